The largest absolute Gasteiger partial charge is 0.462 e. The third kappa shape index (κ3) is 3.62. The number of hydrogen-bond donors (Lipinski definition) is 1. The third-order valence-corrected chi connectivity index (χ3v) is 5.66. The van der Waals surface area contributed by atoms with Crippen molar-refractivity contribution in [2.24, 2.45) is 0 Å². The minimum Gasteiger partial charge on any atom is -0.462 e. The van der Waals surface area contributed by atoms with Crippen LogP contribution in [0.2, 0.25) is 0 Å². The zero-order chi connectivity index (χ0) is 18.7. The van der Waals surface area contributed by atoms with Crippen molar-refractivity contribution in [2.45, 2.75) is 18.9 Å². The molecule has 1 aromatic carbocycles. The molecule has 0 saturated heterocycles. The molecule has 0 unspecified atom stereocenters. The van der Waals surface area contributed by atoms with Gasteiger partial charge in [0.2, 0.25) is 0 Å². The van der Waals surface area contributed by atoms with Gasteiger partial charge in [0.25, 0.3) is 0 Å². The van der Waals surface area contributed by atoms with Crippen LogP contribution in [0.4, 0.5) is 5.69 Å². The maximum Gasteiger partial charge on any atom is 0.350 e. The fourth-order valence-electron chi connectivity index (χ4n) is 2.51. The molecule has 0 atom stereocenters. The molecule has 0 aliphatic heterocycles. The number of amides is 1. The highest BCUT2D eigenvalue weighted by atomic mass is 32.2. The van der Waals surface area contributed by atoms with Gasteiger partial charge >= 0.3 is 11.9 Å². The summed E-state index contributed by atoms with van der Waals surface area (Å²) in [5.74, 6) is -0.543. The van der Waals surface area contributed by atoms with E-state index >= 15 is 0 Å². The van der Waals surface area contributed by atoms with Gasteiger partial charge in [-0.2, -0.15) is 0 Å². The fourth-order valence-corrected chi connectivity index (χ4v) is 4.23. The van der Waals surface area contributed by atoms with Gasteiger partial charge < -0.3 is 4.74 Å². The number of ether oxygens (including phenoxy) is 1. The summed E-state index contributed by atoms with van der Waals surface area (Å²) in [6, 6.07) is 5.19. The summed E-state index contributed by atoms with van der Waals surface area (Å²) in [6.07, 6.45) is 3.42. The van der Waals surface area contributed by atoms with Crippen LogP contribution in [0.15, 0.2) is 34.9 Å². The number of carbonyl (C=O) groups is 2. The van der Waals surface area contributed by atoms with Crippen LogP contribution in [0.3, 0.4) is 0 Å². The number of nitrogens with zero attached hydrogens (tertiary/aromatic N) is 2. The average molecular weight is 388 g/mol. The molecule has 2 heterocycles. The molecule has 26 heavy (non-hydrogen) atoms. The van der Waals surface area contributed by atoms with Crippen molar-refractivity contribution in [1.29, 1.82) is 0 Å². The summed E-state index contributed by atoms with van der Waals surface area (Å²) in [6.45, 7) is 3.96. The van der Waals surface area contributed by atoms with Crippen LogP contribution in [-0.2, 0) is 4.74 Å². The fraction of sp³-hybridized carbons (Fsp3) is 0.222. The van der Waals surface area contributed by atoms with Crippen molar-refractivity contribution in [2.75, 3.05) is 12.9 Å². The first-order valence-electron chi connectivity index (χ1n) is 7.98. The molecule has 1 amide bonds. The molecule has 0 saturated carbocycles. The molecular formula is C18H18N3O3S2+. The summed E-state index contributed by atoms with van der Waals surface area (Å²) >= 11 is 2.99. The van der Waals surface area contributed by atoms with E-state index in [1.807, 2.05) is 24.6 Å². The van der Waals surface area contributed by atoms with Crippen LogP contribution in [0.1, 0.15) is 33.2 Å². The second kappa shape index (κ2) is 7.94. The Hall–Kier alpha value is -2.29. The van der Waals surface area contributed by atoms with Crippen molar-refractivity contribution in [3.63, 3.8) is 0 Å². The van der Waals surface area contributed by atoms with Crippen molar-refractivity contribution >= 4 is 50.9 Å². The molecule has 0 aliphatic rings. The molecule has 3 rings (SSSR count). The van der Waals surface area contributed by atoms with Crippen LogP contribution >= 0.6 is 23.1 Å². The highest BCUT2D eigenvalue weighted by Gasteiger charge is 2.21. The maximum absolute atomic E-state index is 12.8. The maximum atomic E-state index is 12.8. The van der Waals surface area contributed by atoms with Gasteiger partial charge in [-0.25, -0.2) is 24.9 Å². The van der Waals surface area contributed by atoms with Gasteiger partial charge in [0.05, 0.1) is 16.9 Å². The predicted molar refractivity (Wildman–Crippen MR) is 102 cm³/mol. The Labute approximate surface area is 159 Å². The van der Waals surface area contributed by atoms with E-state index in [2.05, 4.69) is 9.97 Å². The third-order valence-electron chi connectivity index (χ3n) is 3.86. The number of hydrogen-bond acceptors (Lipinski definition) is 7. The van der Waals surface area contributed by atoms with E-state index in [0.717, 1.165) is 15.3 Å². The summed E-state index contributed by atoms with van der Waals surface area (Å²) in [5, 5.41) is 4.21. The highest BCUT2D eigenvalue weighted by molar-refractivity contribution is 7.98. The first-order chi connectivity index (χ1) is 12.5. The van der Waals surface area contributed by atoms with Crippen molar-refractivity contribution < 1.29 is 19.6 Å². The average Bonchev–Trinajstić information content (AvgIpc) is 3.08. The molecule has 3 aromatic rings. The number of fused-ring (bicyclic) bond motifs is 1. The van der Waals surface area contributed by atoms with Crippen molar-refractivity contribution in [1.82, 2.24) is 9.97 Å². The molecular weight excluding hydrogens is 370 g/mol. The minimum atomic E-state index is -0.395. The van der Waals surface area contributed by atoms with Crippen LogP contribution in [-0.4, -0.2) is 34.7 Å². The number of rotatable bonds is 5. The van der Waals surface area contributed by atoms with Crippen LogP contribution < -0.4 is 5.32 Å². The normalized spacial score (nSPS) is 10.9. The first-order valence-corrected chi connectivity index (χ1v) is 10.1. The SMILES string of the molecule is CCOC(=O)c1ccc(C)c([NH2+]C(=O)c2csc3c(SC)ncnc23)c1. The molecule has 2 aromatic heterocycles. The van der Waals surface area contributed by atoms with Crippen LogP contribution in [0, 0.1) is 6.92 Å². The van der Waals surface area contributed by atoms with Gasteiger partial charge in [0, 0.05) is 17.0 Å². The Balaban J connectivity index is 1.91. The van der Waals surface area contributed by atoms with E-state index in [0.29, 0.717) is 28.9 Å². The Kier molecular flexibility index (Phi) is 5.65. The lowest BCUT2D eigenvalue weighted by Crippen LogP contribution is -2.82. The summed E-state index contributed by atoms with van der Waals surface area (Å²) in [4.78, 5) is 33.3. The molecule has 0 fully saturated rings. The first kappa shape index (κ1) is 18.5. The van der Waals surface area contributed by atoms with E-state index in [4.69, 9.17) is 4.74 Å². The monoisotopic (exact) mass is 388 g/mol. The molecule has 0 aliphatic carbocycles. The predicted octanol–water partition coefficient (Wildman–Crippen LogP) is 2.93. The van der Waals surface area contributed by atoms with Crippen LogP contribution in [0.25, 0.3) is 10.2 Å². The van der Waals surface area contributed by atoms with E-state index in [1.165, 1.54) is 29.4 Å². The molecule has 6 nitrogen and oxygen atoms in total. The van der Waals surface area contributed by atoms with Gasteiger partial charge in [-0.05, 0) is 26.2 Å². The van der Waals surface area contributed by atoms with Gasteiger partial charge in [0.1, 0.15) is 28.1 Å². The van der Waals surface area contributed by atoms with Gasteiger partial charge in [-0.15, -0.1) is 23.1 Å². The number of carbonyl (C=O) groups excluding carboxylic acids is 2. The molecule has 134 valence electrons. The highest BCUT2D eigenvalue weighted by Crippen LogP contribution is 2.30. The second-order valence-electron chi connectivity index (χ2n) is 5.51. The summed E-state index contributed by atoms with van der Waals surface area (Å²) in [5.41, 5.74) is 3.24. The lowest BCUT2D eigenvalue weighted by molar-refractivity contribution is -0.464. The number of quaternary nitrogens is 1. The number of thioether (sulfide) groups is 1. The van der Waals surface area contributed by atoms with Gasteiger partial charge in [-0.1, -0.05) is 6.07 Å². The molecule has 2 N–H and O–H groups in total. The number of aryl methyl sites for hydroxylation is 1. The van der Waals surface area contributed by atoms with Gasteiger partial charge in [-0.3, -0.25) is 0 Å². The number of aromatic nitrogens is 2. The number of benzene rings is 1. The number of esters is 1. The molecule has 8 heteroatoms. The molecule has 0 radical (unpaired) electrons. The van der Waals surface area contributed by atoms with Crippen molar-refractivity contribution in [3.05, 3.63) is 46.6 Å². The zero-order valence-electron chi connectivity index (χ0n) is 14.6. The smallest absolute Gasteiger partial charge is 0.350 e. The lowest BCUT2D eigenvalue weighted by atomic mass is 10.1. The van der Waals surface area contributed by atoms with E-state index in [9.17, 15) is 9.59 Å². The Morgan fingerprint density at radius 1 is 1.31 bits per heavy atom. The number of nitrogens with two attached hydrogens (primary N) is 1. The van der Waals surface area contributed by atoms with Gasteiger partial charge in [0.15, 0.2) is 0 Å². The van der Waals surface area contributed by atoms with Crippen molar-refractivity contribution in [3.8, 4) is 0 Å². The summed E-state index contributed by atoms with van der Waals surface area (Å²) < 4.78 is 5.94. The molecule has 0 spiro atoms. The lowest BCUT2D eigenvalue weighted by Gasteiger charge is -2.06. The summed E-state index contributed by atoms with van der Waals surface area (Å²) in [7, 11) is 0. The van der Waals surface area contributed by atoms with E-state index in [1.54, 1.807) is 24.4 Å². The minimum absolute atomic E-state index is 0.147. The molecule has 0 bridgehead atoms. The Bertz CT molecular complexity index is 985. The van der Waals surface area contributed by atoms with E-state index < -0.39 is 5.97 Å². The standard InChI is InChI=1S/C18H17N3O3S2/c1-4-24-18(23)11-6-5-10(2)13(7-11)21-16(22)12-8-26-15-14(12)19-9-20-17(15)25-3/h5-9H,4H2,1-3H3,(H,21,22)/p+1. The van der Waals surface area contributed by atoms with Crippen LogP contribution in [0.5, 0.6) is 0 Å². The number of thiophene rings is 1. The second-order valence-corrected chi connectivity index (χ2v) is 7.19. The van der Waals surface area contributed by atoms with E-state index in [-0.39, 0.29) is 5.91 Å². The quantitative estimate of drug-likeness (QED) is 0.313. The Morgan fingerprint density at radius 2 is 2.12 bits per heavy atom. The Morgan fingerprint density at radius 3 is 2.85 bits per heavy atom. The number of primary amides is 1. The zero-order valence-corrected chi connectivity index (χ0v) is 16.2. The topological polar surface area (TPSA) is 85.8 Å².